The van der Waals surface area contributed by atoms with E-state index in [9.17, 15) is 0 Å². The Balaban J connectivity index is 0.00000264. The zero-order valence-corrected chi connectivity index (χ0v) is 14.3. The summed E-state index contributed by atoms with van der Waals surface area (Å²) in [6.07, 6.45) is 3.48. The lowest BCUT2D eigenvalue weighted by atomic mass is 10.1. The third kappa shape index (κ3) is 5.52. The standard InChI is InChI=1S/C15H23N5O2.ClH/c1-21-12-8-11(9-13(10-12)22-2)18-14(16)19-15(17)20-6-4-3-5-7-20;/h8-10H,3-7H2,1-2H3,(H4,16,17,18,19);1H. The minimum Gasteiger partial charge on any atom is -0.497 e. The third-order valence-corrected chi connectivity index (χ3v) is 3.49. The number of nitrogens with two attached hydrogens (primary N) is 2. The Morgan fingerprint density at radius 3 is 2.09 bits per heavy atom. The number of aliphatic imine (C=N–C) groups is 2. The predicted molar refractivity (Wildman–Crippen MR) is 95.1 cm³/mol. The number of rotatable bonds is 3. The van der Waals surface area contributed by atoms with Crippen molar-refractivity contribution < 1.29 is 9.47 Å². The molecule has 1 aromatic carbocycles. The maximum absolute atomic E-state index is 5.98. The quantitative estimate of drug-likeness (QED) is 0.646. The van der Waals surface area contributed by atoms with Crippen molar-refractivity contribution in [3.05, 3.63) is 18.2 Å². The number of halogens is 1. The number of piperidine rings is 1. The highest BCUT2D eigenvalue weighted by Crippen LogP contribution is 2.27. The van der Waals surface area contributed by atoms with E-state index >= 15 is 0 Å². The molecule has 1 heterocycles. The van der Waals surface area contributed by atoms with Crippen LogP contribution in [-0.2, 0) is 0 Å². The summed E-state index contributed by atoms with van der Waals surface area (Å²) in [6, 6.07) is 5.27. The Morgan fingerprint density at radius 2 is 1.57 bits per heavy atom. The molecule has 0 saturated carbocycles. The monoisotopic (exact) mass is 341 g/mol. The normalized spacial score (nSPS) is 15.8. The Hall–Kier alpha value is -2.15. The first-order chi connectivity index (χ1) is 10.6. The molecule has 128 valence electrons. The van der Waals surface area contributed by atoms with Gasteiger partial charge in [-0.1, -0.05) is 0 Å². The van der Waals surface area contributed by atoms with Crippen molar-refractivity contribution in [2.75, 3.05) is 27.3 Å². The van der Waals surface area contributed by atoms with E-state index in [1.807, 2.05) is 4.90 Å². The number of ether oxygens (including phenoxy) is 2. The van der Waals surface area contributed by atoms with Gasteiger partial charge in [-0.25, -0.2) is 4.99 Å². The number of hydrogen-bond donors (Lipinski definition) is 2. The van der Waals surface area contributed by atoms with E-state index in [4.69, 9.17) is 20.9 Å². The predicted octanol–water partition coefficient (Wildman–Crippen LogP) is 1.87. The van der Waals surface area contributed by atoms with Gasteiger partial charge in [0.05, 0.1) is 19.9 Å². The molecule has 1 aliphatic rings. The van der Waals surface area contributed by atoms with Gasteiger partial charge in [0.1, 0.15) is 11.5 Å². The molecule has 0 aromatic heterocycles. The lowest BCUT2D eigenvalue weighted by molar-refractivity contribution is 0.339. The lowest BCUT2D eigenvalue weighted by Crippen LogP contribution is -2.41. The number of likely N-dealkylation sites (tertiary alicyclic amines) is 1. The molecule has 2 rings (SSSR count). The van der Waals surface area contributed by atoms with Crippen LogP contribution in [0.3, 0.4) is 0 Å². The number of benzene rings is 1. The number of hydrogen-bond acceptors (Lipinski definition) is 3. The Labute approximate surface area is 142 Å². The van der Waals surface area contributed by atoms with Crippen LogP contribution in [-0.4, -0.2) is 44.1 Å². The molecule has 1 aliphatic heterocycles. The minimum atomic E-state index is 0. The molecule has 8 heteroatoms. The summed E-state index contributed by atoms with van der Waals surface area (Å²) in [7, 11) is 3.16. The molecule has 0 aliphatic carbocycles. The molecule has 7 nitrogen and oxygen atoms in total. The Bertz CT molecular complexity index is 549. The van der Waals surface area contributed by atoms with Crippen molar-refractivity contribution in [1.29, 1.82) is 0 Å². The van der Waals surface area contributed by atoms with Gasteiger partial charge in [-0.3, -0.25) is 0 Å². The summed E-state index contributed by atoms with van der Waals surface area (Å²) >= 11 is 0. The summed E-state index contributed by atoms with van der Waals surface area (Å²) in [5, 5.41) is 0. The van der Waals surface area contributed by atoms with Crippen molar-refractivity contribution in [1.82, 2.24) is 4.90 Å². The van der Waals surface area contributed by atoms with Crippen LogP contribution < -0.4 is 20.9 Å². The summed E-state index contributed by atoms with van der Waals surface area (Å²) in [5.74, 6) is 1.80. The zero-order valence-electron chi connectivity index (χ0n) is 13.5. The van der Waals surface area contributed by atoms with Gasteiger partial charge in [0.25, 0.3) is 0 Å². The van der Waals surface area contributed by atoms with Crippen molar-refractivity contribution in [3.63, 3.8) is 0 Å². The van der Waals surface area contributed by atoms with Crippen molar-refractivity contribution in [2.45, 2.75) is 19.3 Å². The fraction of sp³-hybridized carbons (Fsp3) is 0.467. The molecule has 0 bridgehead atoms. The van der Waals surface area contributed by atoms with E-state index in [2.05, 4.69) is 9.98 Å². The lowest BCUT2D eigenvalue weighted by Gasteiger charge is -2.27. The van der Waals surface area contributed by atoms with Gasteiger partial charge in [0, 0.05) is 31.3 Å². The molecule has 0 atom stereocenters. The molecular formula is C15H24ClN5O2. The average molecular weight is 342 g/mol. The highest BCUT2D eigenvalue weighted by atomic mass is 35.5. The maximum Gasteiger partial charge on any atom is 0.223 e. The summed E-state index contributed by atoms with van der Waals surface area (Å²) in [6.45, 7) is 1.82. The van der Waals surface area contributed by atoms with E-state index in [1.165, 1.54) is 6.42 Å². The largest absolute Gasteiger partial charge is 0.497 e. The van der Waals surface area contributed by atoms with Crippen LogP contribution in [0.25, 0.3) is 0 Å². The van der Waals surface area contributed by atoms with E-state index in [1.54, 1.807) is 32.4 Å². The van der Waals surface area contributed by atoms with Crippen LogP contribution >= 0.6 is 12.4 Å². The van der Waals surface area contributed by atoms with Gasteiger partial charge in [0.2, 0.25) is 5.96 Å². The van der Waals surface area contributed by atoms with E-state index < -0.39 is 0 Å². The fourth-order valence-corrected chi connectivity index (χ4v) is 2.33. The van der Waals surface area contributed by atoms with Gasteiger partial charge in [-0.2, -0.15) is 4.99 Å². The van der Waals surface area contributed by atoms with Gasteiger partial charge >= 0.3 is 0 Å². The highest BCUT2D eigenvalue weighted by molar-refractivity contribution is 5.94. The van der Waals surface area contributed by atoms with E-state index in [0.29, 0.717) is 23.1 Å². The SMILES string of the molecule is COc1cc(N=C(N)/N=C(/N)N2CCCCC2)cc(OC)c1.Cl. The maximum atomic E-state index is 5.98. The molecule has 0 spiro atoms. The summed E-state index contributed by atoms with van der Waals surface area (Å²) < 4.78 is 10.4. The van der Waals surface area contributed by atoms with Crippen LogP contribution in [0.15, 0.2) is 28.2 Å². The molecule has 1 saturated heterocycles. The fourth-order valence-electron chi connectivity index (χ4n) is 2.33. The van der Waals surface area contributed by atoms with E-state index in [-0.39, 0.29) is 18.4 Å². The molecular weight excluding hydrogens is 318 g/mol. The van der Waals surface area contributed by atoms with Crippen LogP contribution in [0.1, 0.15) is 19.3 Å². The van der Waals surface area contributed by atoms with Crippen LogP contribution in [0.4, 0.5) is 5.69 Å². The average Bonchev–Trinajstić information content (AvgIpc) is 2.55. The molecule has 0 unspecified atom stereocenters. The molecule has 1 fully saturated rings. The smallest absolute Gasteiger partial charge is 0.223 e. The van der Waals surface area contributed by atoms with Crippen molar-refractivity contribution in [3.8, 4) is 11.5 Å². The number of guanidine groups is 2. The number of methoxy groups -OCH3 is 2. The van der Waals surface area contributed by atoms with Crippen molar-refractivity contribution in [2.24, 2.45) is 21.5 Å². The zero-order chi connectivity index (χ0) is 15.9. The molecule has 0 amide bonds. The minimum absolute atomic E-state index is 0. The second-order valence-electron chi connectivity index (χ2n) is 5.06. The summed E-state index contributed by atoms with van der Waals surface area (Å²) in [5.41, 5.74) is 12.5. The van der Waals surface area contributed by atoms with Crippen molar-refractivity contribution >= 4 is 30.0 Å². The van der Waals surface area contributed by atoms with Crippen LogP contribution in [0.2, 0.25) is 0 Å². The van der Waals surface area contributed by atoms with Gasteiger partial charge < -0.3 is 25.8 Å². The third-order valence-electron chi connectivity index (χ3n) is 3.49. The topological polar surface area (TPSA) is 98.5 Å². The Kier molecular flexibility index (Phi) is 7.47. The molecule has 1 aromatic rings. The second-order valence-corrected chi connectivity index (χ2v) is 5.06. The number of nitrogens with zero attached hydrogens (tertiary/aromatic N) is 3. The Morgan fingerprint density at radius 1 is 1.00 bits per heavy atom. The highest BCUT2D eigenvalue weighted by Gasteiger charge is 2.12. The molecule has 4 N–H and O–H groups in total. The second kappa shape index (κ2) is 9.09. The van der Waals surface area contributed by atoms with Gasteiger partial charge in [0.15, 0.2) is 5.96 Å². The van der Waals surface area contributed by atoms with Gasteiger partial charge in [-0.15, -0.1) is 12.4 Å². The summed E-state index contributed by atoms with van der Waals surface area (Å²) in [4.78, 5) is 10.5. The van der Waals surface area contributed by atoms with E-state index in [0.717, 1.165) is 25.9 Å². The first-order valence-corrected chi connectivity index (χ1v) is 7.28. The molecule has 0 radical (unpaired) electrons. The van der Waals surface area contributed by atoms with Crippen LogP contribution in [0, 0.1) is 0 Å². The van der Waals surface area contributed by atoms with Gasteiger partial charge in [-0.05, 0) is 19.3 Å². The molecule has 23 heavy (non-hydrogen) atoms. The first kappa shape index (κ1) is 18.9. The first-order valence-electron chi connectivity index (χ1n) is 7.28. The van der Waals surface area contributed by atoms with Crippen LogP contribution in [0.5, 0.6) is 11.5 Å².